The van der Waals surface area contributed by atoms with E-state index in [2.05, 4.69) is 11.5 Å². The zero-order valence-corrected chi connectivity index (χ0v) is 11.3. The molecule has 4 heteroatoms. The molecule has 0 unspecified atom stereocenters. The van der Waals surface area contributed by atoms with Gasteiger partial charge in [0.1, 0.15) is 5.75 Å². The Labute approximate surface area is 114 Å². The molecule has 1 aliphatic heterocycles. The molecule has 1 amide bonds. The first-order valence-corrected chi connectivity index (χ1v) is 6.51. The van der Waals surface area contributed by atoms with Crippen LogP contribution < -0.4 is 4.74 Å². The highest BCUT2D eigenvalue weighted by molar-refractivity contribution is 5.94. The van der Waals surface area contributed by atoms with E-state index in [0.717, 1.165) is 38.5 Å². The zero-order valence-electron chi connectivity index (χ0n) is 11.3. The molecule has 4 nitrogen and oxygen atoms in total. The molecule has 1 saturated heterocycles. The minimum Gasteiger partial charge on any atom is -0.497 e. The number of methoxy groups -OCH3 is 1. The van der Waals surface area contributed by atoms with Crippen LogP contribution in [-0.4, -0.2) is 55.5 Å². The molecule has 0 radical (unpaired) electrons. The maximum absolute atomic E-state index is 12.4. The van der Waals surface area contributed by atoms with Crippen LogP contribution in [-0.2, 0) is 0 Å². The first-order chi connectivity index (χ1) is 9.24. The summed E-state index contributed by atoms with van der Waals surface area (Å²) in [5, 5.41) is 0. The Morgan fingerprint density at radius 2 is 2.11 bits per heavy atom. The van der Waals surface area contributed by atoms with Gasteiger partial charge in [-0.15, -0.1) is 6.58 Å². The highest BCUT2D eigenvalue weighted by Gasteiger charge is 2.21. The predicted octanol–water partition coefficient (Wildman–Crippen LogP) is 1.64. The van der Waals surface area contributed by atoms with Gasteiger partial charge in [-0.3, -0.25) is 9.69 Å². The Balaban J connectivity index is 1.98. The SMILES string of the molecule is C=CCN1CCN(C(=O)c2cccc(OC)c2)CC1. The monoisotopic (exact) mass is 260 g/mol. The Morgan fingerprint density at radius 3 is 2.74 bits per heavy atom. The molecule has 0 atom stereocenters. The molecular weight excluding hydrogens is 240 g/mol. The van der Waals surface area contributed by atoms with Gasteiger partial charge in [0.15, 0.2) is 0 Å². The molecule has 1 fully saturated rings. The average Bonchev–Trinajstić information content (AvgIpc) is 2.48. The van der Waals surface area contributed by atoms with Crippen LogP contribution in [0.15, 0.2) is 36.9 Å². The maximum Gasteiger partial charge on any atom is 0.254 e. The standard InChI is InChI=1S/C15H20N2O2/c1-3-7-16-8-10-17(11-9-16)15(18)13-5-4-6-14(12-13)19-2/h3-6,12H,1,7-11H2,2H3. The molecule has 102 valence electrons. The number of nitrogens with zero attached hydrogens (tertiary/aromatic N) is 2. The van der Waals surface area contributed by atoms with Crippen LogP contribution in [0.1, 0.15) is 10.4 Å². The Bertz CT molecular complexity index is 451. The lowest BCUT2D eigenvalue weighted by atomic mass is 10.1. The first kappa shape index (κ1) is 13.6. The predicted molar refractivity (Wildman–Crippen MR) is 75.5 cm³/mol. The van der Waals surface area contributed by atoms with Crippen molar-refractivity contribution in [3.05, 3.63) is 42.5 Å². The van der Waals surface area contributed by atoms with Crippen molar-refractivity contribution >= 4 is 5.91 Å². The minimum absolute atomic E-state index is 0.0807. The van der Waals surface area contributed by atoms with Crippen molar-refractivity contribution in [1.29, 1.82) is 0 Å². The third kappa shape index (κ3) is 3.35. The summed E-state index contributed by atoms with van der Waals surface area (Å²) in [5.41, 5.74) is 0.691. The largest absolute Gasteiger partial charge is 0.497 e. The van der Waals surface area contributed by atoms with Crippen molar-refractivity contribution in [2.45, 2.75) is 0 Å². The van der Waals surface area contributed by atoms with Crippen molar-refractivity contribution in [3.63, 3.8) is 0 Å². The number of hydrogen-bond donors (Lipinski definition) is 0. The number of carbonyl (C=O) groups is 1. The van der Waals surface area contributed by atoms with Crippen LogP contribution >= 0.6 is 0 Å². The number of ether oxygens (including phenoxy) is 1. The van der Waals surface area contributed by atoms with Gasteiger partial charge in [-0.05, 0) is 18.2 Å². The second-order valence-electron chi connectivity index (χ2n) is 4.61. The molecule has 1 aromatic rings. The van der Waals surface area contributed by atoms with Crippen molar-refractivity contribution < 1.29 is 9.53 Å². The quantitative estimate of drug-likeness (QED) is 0.772. The minimum atomic E-state index is 0.0807. The maximum atomic E-state index is 12.4. The average molecular weight is 260 g/mol. The van der Waals surface area contributed by atoms with Crippen LogP contribution in [0.25, 0.3) is 0 Å². The van der Waals surface area contributed by atoms with E-state index in [9.17, 15) is 4.79 Å². The number of rotatable bonds is 4. The molecule has 0 bridgehead atoms. The van der Waals surface area contributed by atoms with Gasteiger partial charge in [-0.2, -0.15) is 0 Å². The summed E-state index contributed by atoms with van der Waals surface area (Å²) in [6.45, 7) is 7.97. The van der Waals surface area contributed by atoms with Gasteiger partial charge >= 0.3 is 0 Å². The van der Waals surface area contributed by atoms with Gasteiger partial charge in [0.25, 0.3) is 5.91 Å². The Kier molecular flexibility index (Phi) is 4.58. The summed E-state index contributed by atoms with van der Waals surface area (Å²) >= 11 is 0. The molecule has 1 heterocycles. The van der Waals surface area contributed by atoms with Gasteiger partial charge in [0.05, 0.1) is 7.11 Å². The molecule has 0 aliphatic carbocycles. The number of benzene rings is 1. The van der Waals surface area contributed by atoms with Crippen LogP contribution in [0.2, 0.25) is 0 Å². The molecule has 0 spiro atoms. The van der Waals surface area contributed by atoms with Crippen LogP contribution in [0, 0.1) is 0 Å². The summed E-state index contributed by atoms with van der Waals surface area (Å²) in [5.74, 6) is 0.799. The highest BCUT2D eigenvalue weighted by Crippen LogP contribution is 2.15. The molecule has 1 aliphatic rings. The van der Waals surface area contributed by atoms with Gasteiger partial charge in [-0.1, -0.05) is 12.1 Å². The summed E-state index contributed by atoms with van der Waals surface area (Å²) < 4.78 is 5.15. The lowest BCUT2D eigenvalue weighted by Gasteiger charge is -2.34. The van der Waals surface area contributed by atoms with E-state index in [4.69, 9.17) is 4.74 Å². The molecule has 0 aromatic heterocycles. The lowest BCUT2D eigenvalue weighted by molar-refractivity contribution is 0.0650. The Hall–Kier alpha value is -1.81. The second-order valence-corrected chi connectivity index (χ2v) is 4.61. The van der Waals surface area contributed by atoms with E-state index < -0.39 is 0 Å². The smallest absolute Gasteiger partial charge is 0.254 e. The van der Waals surface area contributed by atoms with E-state index in [1.807, 2.05) is 29.2 Å². The van der Waals surface area contributed by atoms with Gasteiger partial charge in [0, 0.05) is 38.3 Å². The zero-order chi connectivity index (χ0) is 13.7. The lowest BCUT2D eigenvalue weighted by Crippen LogP contribution is -2.48. The van der Waals surface area contributed by atoms with Crippen molar-refractivity contribution in [2.75, 3.05) is 39.8 Å². The van der Waals surface area contributed by atoms with Gasteiger partial charge < -0.3 is 9.64 Å². The third-order valence-corrected chi connectivity index (χ3v) is 3.36. The van der Waals surface area contributed by atoms with E-state index in [1.165, 1.54) is 0 Å². The molecule has 1 aromatic carbocycles. The fourth-order valence-corrected chi connectivity index (χ4v) is 2.25. The summed E-state index contributed by atoms with van der Waals surface area (Å²) in [4.78, 5) is 16.6. The Morgan fingerprint density at radius 1 is 1.37 bits per heavy atom. The topological polar surface area (TPSA) is 32.8 Å². The number of piperazine rings is 1. The van der Waals surface area contributed by atoms with E-state index in [1.54, 1.807) is 13.2 Å². The highest BCUT2D eigenvalue weighted by atomic mass is 16.5. The summed E-state index contributed by atoms with van der Waals surface area (Å²) in [7, 11) is 1.61. The number of hydrogen-bond acceptors (Lipinski definition) is 3. The second kappa shape index (κ2) is 6.38. The molecule has 19 heavy (non-hydrogen) atoms. The first-order valence-electron chi connectivity index (χ1n) is 6.51. The summed E-state index contributed by atoms with van der Waals surface area (Å²) in [6, 6.07) is 7.32. The van der Waals surface area contributed by atoms with Gasteiger partial charge in [0.2, 0.25) is 0 Å². The third-order valence-electron chi connectivity index (χ3n) is 3.36. The van der Waals surface area contributed by atoms with E-state index in [0.29, 0.717) is 5.56 Å². The number of amides is 1. The van der Waals surface area contributed by atoms with Crippen LogP contribution in [0.4, 0.5) is 0 Å². The number of carbonyl (C=O) groups excluding carboxylic acids is 1. The van der Waals surface area contributed by atoms with Crippen molar-refractivity contribution in [3.8, 4) is 5.75 Å². The van der Waals surface area contributed by atoms with E-state index in [-0.39, 0.29) is 5.91 Å². The fourth-order valence-electron chi connectivity index (χ4n) is 2.25. The summed E-state index contributed by atoms with van der Waals surface area (Å²) in [6.07, 6.45) is 1.90. The van der Waals surface area contributed by atoms with E-state index >= 15 is 0 Å². The van der Waals surface area contributed by atoms with Crippen molar-refractivity contribution in [2.24, 2.45) is 0 Å². The van der Waals surface area contributed by atoms with Crippen LogP contribution in [0.5, 0.6) is 5.75 Å². The molecule has 2 rings (SSSR count). The van der Waals surface area contributed by atoms with Crippen molar-refractivity contribution in [1.82, 2.24) is 9.80 Å². The molecular formula is C15H20N2O2. The molecule has 0 saturated carbocycles. The molecule has 0 N–H and O–H groups in total. The van der Waals surface area contributed by atoms with Crippen LogP contribution in [0.3, 0.4) is 0 Å². The van der Waals surface area contributed by atoms with Gasteiger partial charge in [-0.25, -0.2) is 0 Å². The normalized spacial score (nSPS) is 16.2. The fraction of sp³-hybridized carbons (Fsp3) is 0.400.